The zero-order valence-corrected chi connectivity index (χ0v) is 10.5. The van der Waals surface area contributed by atoms with Gasteiger partial charge in [-0.2, -0.15) is 0 Å². The summed E-state index contributed by atoms with van der Waals surface area (Å²) in [6.45, 7) is 3.44. The van der Waals surface area contributed by atoms with Crippen molar-refractivity contribution in [3.8, 4) is 0 Å². The number of fused-ring (bicyclic) bond motifs is 1. The molecule has 3 rings (SSSR count). The largest absolute Gasteiger partial charge is 0.369 e. The third kappa shape index (κ3) is 1.91. The average Bonchev–Trinajstić information content (AvgIpc) is 2.77. The maximum atomic E-state index is 6.47. The summed E-state index contributed by atoms with van der Waals surface area (Å²) in [5.41, 5.74) is 0.219. The number of hydrogen-bond donors (Lipinski definition) is 1. The zero-order valence-electron chi connectivity index (χ0n) is 10.5. The predicted molar refractivity (Wildman–Crippen MR) is 65.5 cm³/mol. The van der Waals surface area contributed by atoms with Crippen LogP contribution in [0.5, 0.6) is 0 Å². The van der Waals surface area contributed by atoms with Crippen molar-refractivity contribution in [3.05, 3.63) is 0 Å². The molecule has 1 aliphatic heterocycles. The fourth-order valence-electron chi connectivity index (χ4n) is 3.89. The van der Waals surface area contributed by atoms with Crippen molar-refractivity contribution in [1.82, 2.24) is 5.32 Å². The molecule has 3 fully saturated rings. The Hall–Kier alpha value is -0.0800. The quantitative estimate of drug-likeness (QED) is 0.738. The van der Waals surface area contributed by atoms with Crippen molar-refractivity contribution in [2.75, 3.05) is 6.54 Å². The highest BCUT2D eigenvalue weighted by atomic mass is 16.5. The van der Waals surface area contributed by atoms with E-state index in [1.54, 1.807) is 0 Å². The SMILES string of the molecule is CCC1CCC2(CC1)CNC1CCCC1O2. The first-order valence-electron chi connectivity index (χ1n) is 7.22. The van der Waals surface area contributed by atoms with Crippen LogP contribution < -0.4 is 5.32 Å². The Balaban J connectivity index is 1.62. The van der Waals surface area contributed by atoms with Gasteiger partial charge in [-0.25, -0.2) is 0 Å². The van der Waals surface area contributed by atoms with Gasteiger partial charge in [0.2, 0.25) is 0 Å². The maximum Gasteiger partial charge on any atom is 0.0811 e. The lowest BCUT2D eigenvalue weighted by Crippen LogP contribution is -2.58. The molecule has 2 nitrogen and oxygen atoms in total. The highest BCUT2D eigenvalue weighted by molar-refractivity contribution is 4.98. The summed E-state index contributed by atoms with van der Waals surface area (Å²) < 4.78 is 6.47. The third-order valence-electron chi connectivity index (χ3n) is 5.13. The molecule has 1 saturated heterocycles. The molecule has 2 atom stereocenters. The molecule has 1 N–H and O–H groups in total. The molecule has 0 bridgehead atoms. The lowest BCUT2D eigenvalue weighted by Gasteiger charge is -2.47. The van der Waals surface area contributed by atoms with E-state index in [1.165, 1.54) is 51.4 Å². The van der Waals surface area contributed by atoms with Crippen molar-refractivity contribution < 1.29 is 4.74 Å². The molecule has 1 heterocycles. The standard InChI is InChI=1S/C14H25NO/c1-2-11-6-8-14(9-7-11)10-15-12-4-3-5-13(12)16-14/h11-13,15H,2-10H2,1H3. The fraction of sp³-hybridized carbons (Fsp3) is 1.00. The summed E-state index contributed by atoms with van der Waals surface area (Å²) in [4.78, 5) is 0. The first-order valence-corrected chi connectivity index (χ1v) is 7.22. The van der Waals surface area contributed by atoms with Crippen LogP contribution in [-0.4, -0.2) is 24.3 Å². The van der Waals surface area contributed by atoms with Gasteiger partial charge in [0, 0.05) is 12.6 Å². The van der Waals surface area contributed by atoms with Crippen molar-refractivity contribution in [2.24, 2.45) is 5.92 Å². The van der Waals surface area contributed by atoms with Crippen LogP contribution in [0.15, 0.2) is 0 Å². The van der Waals surface area contributed by atoms with Gasteiger partial charge >= 0.3 is 0 Å². The molecule has 2 saturated carbocycles. The molecule has 0 aromatic rings. The maximum absolute atomic E-state index is 6.47. The van der Waals surface area contributed by atoms with E-state index in [0.717, 1.165) is 12.5 Å². The molecule has 0 aromatic heterocycles. The molecular weight excluding hydrogens is 198 g/mol. The molecule has 1 spiro atoms. The molecule has 2 aliphatic carbocycles. The molecular formula is C14H25NO. The van der Waals surface area contributed by atoms with E-state index >= 15 is 0 Å². The van der Waals surface area contributed by atoms with Crippen LogP contribution in [0.25, 0.3) is 0 Å². The Morgan fingerprint density at radius 2 is 2.00 bits per heavy atom. The minimum Gasteiger partial charge on any atom is -0.369 e. The monoisotopic (exact) mass is 223 g/mol. The van der Waals surface area contributed by atoms with Crippen LogP contribution in [0, 0.1) is 5.92 Å². The predicted octanol–water partition coefficient (Wildman–Crippen LogP) is 2.87. The van der Waals surface area contributed by atoms with Gasteiger partial charge in [0.1, 0.15) is 0 Å². The minimum atomic E-state index is 0.219. The van der Waals surface area contributed by atoms with Gasteiger partial charge in [0.15, 0.2) is 0 Å². The van der Waals surface area contributed by atoms with Crippen LogP contribution in [-0.2, 0) is 4.74 Å². The van der Waals surface area contributed by atoms with E-state index in [1.807, 2.05) is 0 Å². The number of morpholine rings is 1. The Morgan fingerprint density at radius 1 is 1.19 bits per heavy atom. The zero-order chi connectivity index (χ0) is 11.0. The third-order valence-corrected chi connectivity index (χ3v) is 5.13. The first kappa shape index (κ1) is 11.0. The molecule has 0 radical (unpaired) electrons. The Morgan fingerprint density at radius 3 is 2.75 bits per heavy atom. The van der Waals surface area contributed by atoms with Crippen molar-refractivity contribution in [2.45, 2.75) is 76.0 Å². The number of nitrogens with one attached hydrogen (secondary N) is 1. The van der Waals surface area contributed by atoms with Gasteiger partial charge < -0.3 is 10.1 Å². The van der Waals surface area contributed by atoms with Crippen molar-refractivity contribution in [3.63, 3.8) is 0 Å². The van der Waals surface area contributed by atoms with Gasteiger partial charge in [-0.15, -0.1) is 0 Å². The summed E-state index contributed by atoms with van der Waals surface area (Å²) in [6, 6.07) is 0.675. The van der Waals surface area contributed by atoms with E-state index in [0.29, 0.717) is 12.1 Å². The summed E-state index contributed by atoms with van der Waals surface area (Å²) in [5.74, 6) is 0.968. The van der Waals surface area contributed by atoms with Gasteiger partial charge in [-0.05, 0) is 50.9 Å². The Kier molecular flexibility index (Phi) is 2.97. The molecule has 2 heteroatoms. The van der Waals surface area contributed by atoms with Gasteiger partial charge in [0.25, 0.3) is 0 Å². The second-order valence-electron chi connectivity index (χ2n) is 6.11. The lowest BCUT2D eigenvalue weighted by atomic mass is 9.76. The average molecular weight is 223 g/mol. The summed E-state index contributed by atoms with van der Waals surface area (Å²) >= 11 is 0. The van der Waals surface area contributed by atoms with Gasteiger partial charge in [-0.1, -0.05) is 13.3 Å². The highest BCUT2D eigenvalue weighted by Gasteiger charge is 2.44. The minimum absolute atomic E-state index is 0.219. The Bertz CT molecular complexity index is 245. The lowest BCUT2D eigenvalue weighted by molar-refractivity contribution is -0.147. The first-order chi connectivity index (χ1) is 7.81. The summed E-state index contributed by atoms with van der Waals surface area (Å²) in [6.07, 6.45) is 11.2. The molecule has 0 aromatic carbocycles. The molecule has 0 amide bonds. The van der Waals surface area contributed by atoms with E-state index < -0.39 is 0 Å². The normalized spacial score (nSPS) is 48.2. The summed E-state index contributed by atoms with van der Waals surface area (Å²) in [7, 11) is 0. The van der Waals surface area contributed by atoms with Crippen LogP contribution >= 0.6 is 0 Å². The number of ether oxygens (including phenoxy) is 1. The fourth-order valence-corrected chi connectivity index (χ4v) is 3.89. The van der Waals surface area contributed by atoms with E-state index in [-0.39, 0.29) is 5.60 Å². The second-order valence-corrected chi connectivity index (χ2v) is 6.11. The second kappa shape index (κ2) is 4.30. The van der Waals surface area contributed by atoms with Crippen molar-refractivity contribution in [1.29, 1.82) is 0 Å². The number of rotatable bonds is 1. The van der Waals surface area contributed by atoms with E-state index in [2.05, 4.69) is 12.2 Å². The topological polar surface area (TPSA) is 21.3 Å². The smallest absolute Gasteiger partial charge is 0.0811 e. The molecule has 3 aliphatic rings. The molecule has 92 valence electrons. The van der Waals surface area contributed by atoms with Gasteiger partial charge in [-0.3, -0.25) is 0 Å². The van der Waals surface area contributed by atoms with Crippen LogP contribution in [0.2, 0.25) is 0 Å². The van der Waals surface area contributed by atoms with Crippen molar-refractivity contribution >= 4 is 0 Å². The number of hydrogen-bond acceptors (Lipinski definition) is 2. The van der Waals surface area contributed by atoms with E-state index in [4.69, 9.17) is 4.74 Å². The van der Waals surface area contributed by atoms with E-state index in [9.17, 15) is 0 Å². The molecule has 2 unspecified atom stereocenters. The summed E-state index contributed by atoms with van der Waals surface area (Å²) in [5, 5.41) is 3.75. The Labute approximate surface area is 99.1 Å². The van der Waals surface area contributed by atoms with Crippen LogP contribution in [0.4, 0.5) is 0 Å². The van der Waals surface area contributed by atoms with Crippen LogP contribution in [0.3, 0.4) is 0 Å². The highest BCUT2D eigenvalue weighted by Crippen LogP contribution is 2.41. The van der Waals surface area contributed by atoms with Gasteiger partial charge in [0.05, 0.1) is 11.7 Å². The molecule has 16 heavy (non-hydrogen) atoms. The van der Waals surface area contributed by atoms with Crippen LogP contribution in [0.1, 0.15) is 58.3 Å².